The largest absolute Gasteiger partial charge is 0.493 e. The van der Waals surface area contributed by atoms with Gasteiger partial charge in [0.15, 0.2) is 11.5 Å². The highest BCUT2D eigenvalue weighted by molar-refractivity contribution is 7.13. The molecule has 33 heavy (non-hydrogen) atoms. The fourth-order valence-corrected chi connectivity index (χ4v) is 4.00. The van der Waals surface area contributed by atoms with E-state index in [-0.39, 0.29) is 5.91 Å². The van der Waals surface area contributed by atoms with Crippen molar-refractivity contribution in [2.75, 3.05) is 25.3 Å². The molecule has 166 valence electrons. The first-order valence-corrected chi connectivity index (χ1v) is 11.1. The first-order valence-electron chi connectivity index (χ1n) is 10.2. The highest BCUT2D eigenvalue weighted by Crippen LogP contribution is 2.32. The number of nitrogen functional groups attached to an aromatic ring is 1. The van der Waals surface area contributed by atoms with Crippen molar-refractivity contribution in [3.63, 3.8) is 0 Å². The number of nitrogens with one attached hydrogen (secondary N) is 1. The number of hydrogen-bond acceptors (Lipinski definition) is 6. The molecule has 0 aliphatic carbocycles. The van der Waals surface area contributed by atoms with Gasteiger partial charge in [-0.1, -0.05) is 18.2 Å². The lowest BCUT2D eigenvalue weighted by molar-refractivity contribution is -0.111. The van der Waals surface area contributed by atoms with E-state index >= 15 is 0 Å². The lowest BCUT2D eigenvalue weighted by Gasteiger charge is -2.09. The second-order valence-corrected chi connectivity index (χ2v) is 8.10. The zero-order valence-electron chi connectivity index (χ0n) is 18.2. The quantitative estimate of drug-likeness (QED) is 0.273. The number of carbonyl (C=O) groups excluding carboxylic acids is 1. The van der Waals surface area contributed by atoms with Crippen molar-refractivity contribution in [1.82, 2.24) is 4.98 Å². The fourth-order valence-electron chi connectivity index (χ4n) is 3.28. The summed E-state index contributed by atoms with van der Waals surface area (Å²) in [5.41, 5.74) is 10.6. The van der Waals surface area contributed by atoms with E-state index in [1.807, 2.05) is 60.0 Å². The summed E-state index contributed by atoms with van der Waals surface area (Å²) in [4.78, 5) is 18.1. The number of amides is 1. The van der Waals surface area contributed by atoms with Crippen LogP contribution in [-0.2, 0) is 4.79 Å². The van der Waals surface area contributed by atoms with Crippen LogP contribution in [0.15, 0.2) is 78.3 Å². The first-order chi connectivity index (χ1) is 16.1. The van der Waals surface area contributed by atoms with Crippen molar-refractivity contribution in [2.45, 2.75) is 0 Å². The third-order valence-electron chi connectivity index (χ3n) is 5.01. The van der Waals surface area contributed by atoms with Gasteiger partial charge in [-0.15, -0.1) is 11.3 Å². The molecule has 0 unspecified atom stereocenters. The van der Waals surface area contributed by atoms with Gasteiger partial charge in [-0.2, -0.15) is 0 Å². The molecule has 2 heterocycles. The molecular formula is C26H23N3O3S. The van der Waals surface area contributed by atoms with Gasteiger partial charge in [-0.3, -0.25) is 9.78 Å². The Hall–Kier alpha value is -4.10. The van der Waals surface area contributed by atoms with Crippen molar-refractivity contribution in [3.8, 4) is 33.2 Å². The minimum absolute atomic E-state index is 0.269. The van der Waals surface area contributed by atoms with Gasteiger partial charge in [0.1, 0.15) is 0 Å². The molecule has 7 heteroatoms. The zero-order chi connectivity index (χ0) is 23.2. The number of nitrogens with zero attached hydrogens (tertiary/aromatic N) is 1. The third-order valence-corrected chi connectivity index (χ3v) is 5.93. The van der Waals surface area contributed by atoms with E-state index < -0.39 is 0 Å². The lowest BCUT2D eigenvalue weighted by Crippen LogP contribution is -2.09. The highest BCUT2D eigenvalue weighted by Gasteiger charge is 2.08. The van der Waals surface area contributed by atoms with Gasteiger partial charge in [0.05, 0.1) is 31.3 Å². The molecule has 0 radical (unpaired) electrons. The maximum absolute atomic E-state index is 12.5. The summed E-state index contributed by atoms with van der Waals surface area (Å²) in [6, 6.07) is 19.1. The summed E-state index contributed by atoms with van der Waals surface area (Å²) in [5, 5.41) is 4.86. The Bertz CT molecular complexity index is 1280. The van der Waals surface area contributed by atoms with E-state index in [2.05, 4.69) is 10.3 Å². The Morgan fingerprint density at radius 2 is 1.82 bits per heavy atom. The second kappa shape index (κ2) is 10.0. The molecule has 6 nitrogen and oxygen atoms in total. The van der Waals surface area contributed by atoms with Crippen LogP contribution in [0.5, 0.6) is 11.5 Å². The van der Waals surface area contributed by atoms with Crippen LogP contribution in [0.1, 0.15) is 5.56 Å². The molecule has 0 fully saturated rings. The van der Waals surface area contributed by atoms with Crippen LogP contribution in [0.2, 0.25) is 0 Å². The topological polar surface area (TPSA) is 86.5 Å². The van der Waals surface area contributed by atoms with E-state index in [0.29, 0.717) is 22.9 Å². The first kappa shape index (κ1) is 22.1. The van der Waals surface area contributed by atoms with Crippen LogP contribution in [-0.4, -0.2) is 25.1 Å². The number of nitrogens with two attached hydrogens (primary N) is 1. The van der Waals surface area contributed by atoms with E-state index in [1.165, 1.54) is 6.08 Å². The molecule has 2 aromatic heterocycles. The van der Waals surface area contributed by atoms with Gasteiger partial charge in [0.25, 0.3) is 0 Å². The number of aromatic nitrogens is 1. The Morgan fingerprint density at radius 1 is 1.00 bits per heavy atom. The number of benzene rings is 2. The number of thiophene rings is 1. The van der Waals surface area contributed by atoms with Crippen molar-refractivity contribution < 1.29 is 14.3 Å². The van der Waals surface area contributed by atoms with Crippen molar-refractivity contribution in [3.05, 3.63) is 83.9 Å². The number of hydrogen-bond donors (Lipinski definition) is 2. The number of methoxy groups -OCH3 is 2. The zero-order valence-corrected chi connectivity index (χ0v) is 19.1. The second-order valence-electron chi connectivity index (χ2n) is 7.15. The minimum Gasteiger partial charge on any atom is -0.493 e. The average molecular weight is 458 g/mol. The Kier molecular flexibility index (Phi) is 6.71. The van der Waals surface area contributed by atoms with Crippen LogP contribution < -0.4 is 20.5 Å². The summed E-state index contributed by atoms with van der Waals surface area (Å²) in [6.45, 7) is 0. The van der Waals surface area contributed by atoms with Gasteiger partial charge < -0.3 is 20.5 Å². The Labute approximate surface area is 196 Å². The normalized spacial score (nSPS) is 10.8. The van der Waals surface area contributed by atoms with E-state index in [0.717, 1.165) is 27.3 Å². The minimum atomic E-state index is -0.269. The van der Waals surface area contributed by atoms with Crippen molar-refractivity contribution in [1.29, 1.82) is 0 Å². The van der Waals surface area contributed by atoms with Gasteiger partial charge in [0.2, 0.25) is 5.91 Å². The number of pyridine rings is 1. The van der Waals surface area contributed by atoms with Crippen LogP contribution in [0.4, 0.5) is 11.4 Å². The number of carbonyl (C=O) groups is 1. The average Bonchev–Trinajstić information content (AvgIpc) is 3.39. The molecule has 1 amide bonds. The molecule has 0 spiro atoms. The van der Waals surface area contributed by atoms with Crippen LogP contribution in [0.25, 0.3) is 27.8 Å². The molecule has 3 N–H and O–H groups in total. The lowest BCUT2D eigenvalue weighted by atomic mass is 10.1. The summed E-state index contributed by atoms with van der Waals surface area (Å²) < 4.78 is 10.6. The maximum Gasteiger partial charge on any atom is 0.248 e. The summed E-state index contributed by atoms with van der Waals surface area (Å²) in [5.74, 6) is 1.03. The summed E-state index contributed by atoms with van der Waals surface area (Å²) in [6.07, 6.45) is 4.88. The predicted molar refractivity (Wildman–Crippen MR) is 135 cm³/mol. The fraction of sp³-hybridized carbons (Fsp3) is 0.0769. The molecule has 4 rings (SSSR count). The van der Waals surface area contributed by atoms with E-state index in [4.69, 9.17) is 15.2 Å². The molecule has 0 saturated carbocycles. The van der Waals surface area contributed by atoms with Crippen LogP contribution >= 0.6 is 11.3 Å². The maximum atomic E-state index is 12.5. The smallest absolute Gasteiger partial charge is 0.248 e. The highest BCUT2D eigenvalue weighted by atomic mass is 32.1. The summed E-state index contributed by atoms with van der Waals surface area (Å²) >= 11 is 1.63. The van der Waals surface area contributed by atoms with Crippen LogP contribution in [0, 0.1) is 0 Å². The van der Waals surface area contributed by atoms with E-state index in [9.17, 15) is 4.79 Å². The monoisotopic (exact) mass is 457 g/mol. The molecular weight excluding hydrogens is 434 g/mol. The van der Waals surface area contributed by atoms with Crippen molar-refractivity contribution >= 4 is 34.7 Å². The van der Waals surface area contributed by atoms with Gasteiger partial charge >= 0.3 is 0 Å². The van der Waals surface area contributed by atoms with Gasteiger partial charge in [-0.25, -0.2) is 0 Å². The molecule has 0 saturated heterocycles. The number of rotatable bonds is 7. The number of anilines is 2. The molecule has 0 aliphatic rings. The molecule has 2 aromatic carbocycles. The van der Waals surface area contributed by atoms with Crippen LogP contribution in [0.3, 0.4) is 0 Å². The standard InChI is InChI=1S/C26H23N3O3S/c1-31-23-11-8-18(15-24(23)32-2)21-10-5-17(16-28-21)6-12-26(30)29-22-14-19(7-9-20(22)27)25-4-3-13-33-25/h3-16H,27H2,1-2H3,(H,29,30). The molecule has 0 aliphatic heterocycles. The molecule has 0 bridgehead atoms. The predicted octanol–water partition coefficient (Wildman–Crippen LogP) is 5.73. The van der Waals surface area contributed by atoms with E-state index in [1.54, 1.807) is 43.9 Å². The molecule has 0 atom stereocenters. The van der Waals surface area contributed by atoms with Gasteiger partial charge in [-0.05, 0) is 65.0 Å². The number of ether oxygens (including phenoxy) is 2. The SMILES string of the molecule is COc1ccc(-c2ccc(C=CC(=O)Nc3cc(-c4cccs4)ccc3N)cn2)cc1OC. The summed E-state index contributed by atoms with van der Waals surface area (Å²) in [7, 11) is 3.20. The van der Waals surface area contributed by atoms with Crippen molar-refractivity contribution in [2.24, 2.45) is 0 Å². The Morgan fingerprint density at radius 3 is 2.52 bits per heavy atom. The Balaban J connectivity index is 1.44. The molecule has 4 aromatic rings. The third kappa shape index (κ3) is 5.22. The van der Waals surface area contributed by atoms with Gasteiger partial charge in [0, 0.05) is 22.7 Å².